The summed E-state index contributed by atoms with van der Waals surface area (Å²) in [6, 6.07) is 17.8. The topological polar surface area (TPSA) is 75.1 Å². The fraction of sp³-hybridized carbons (Fsp3) is 0.485. The number of ether oxygens (including phenoxy) is 1. The zero-order valence-electron chi connectivity index (χ0n) is 25.5. The molecule has 5 rings (SSSR count). The standard InChI is InChI=1S/C33H44N4O4S/c1-24-19-25(2)33(26(3)20-24)42(39,40)37-16-10-9-13-29(37)22-41-23-31(38)36-18-17-35-28(21-34(4)5)14-15-30(35)32(36)27-11-7-6-8-12-27/h6-8,11-12,14-15,19-20,29,32H,9-10,13,16-18,21-23H2,1-5H3. The highest BCUT2D eigenvalue weighted by atomic mass is 32.2. The largest absolute Gasteiger partial charge is 0.370 e. The van der Waals surface area contributed by atoms with Crippen LogP contribution >= 0.6 is 0 Å². The second-order valence-corrected chi connectivity index (χ2v) is 13.9. The van der Waals surface area contributed by atoms with Crippen molar-refractivity contribution in [3.8, 4) is 0 Å². The Hall–Kier alpha value is -2.98. The molecule has 226 valence electrons. The molecule has 3 heterocycles. The van der Waals surface area contributed by atoms with Crippen molar-refractivity contribution < 1.29 is 17.9 Å². The monoisotopic (exact) mass is 592 g/mol. The summed E-state index contributed by atoms with van der Waals surface area (Å²) in [5.41, 5.74) is 5.98. The smallest absolute Gasteiger partial charge is 0.249 e. The first-order valence-corrected chi connectivity index (χ1v) is 16.4. The highest BCUT2D eigenvalue weighted by molar-refractivity contribution is 7.89. The number of aryl methyl sites for hydroxylation is 3. The minimum atomic E-state index is -3.69. The van der Waals surface area contributed by atoms with Crippen LogP contribution in [0.15, 0.2) is 59.5 Å². The molecule has 0 bridgehead atoms. The van der Waals surface area contributed by atoms with Gasteiger partial charge in [0.05, 0.1) is 17.5 Å². The molecule has 1 aromatic heterocycles. The zero-order valence-corrected chi connectivity index (χ0v) is 26.4. The van der Waals surface area contributed by atoms with Gasteiger partial charge in [0.15, 0.2) is 0 Å². The van der Waals surface area contributed by atoms with Crippen LogP contribution in [0.25, 0.3) is 0 Å². The lowest BCUT2D eigenvalue weighted by Crippen LogP contribution is -2.47. The van der Waals surface area contributed by atoms with Crippen LogP contribution < -0.4 is 0 Å². The molecule has 3 aromatic rings. The van der Waals surface area contributed by atoms with E-state index in [4.69, 9.17) is 4.74 Å². The fourth-order valence-electron chi connectivity index (χ4n) is 6.77. The van der Waals surface area contributed by atoms with Crippen molar-refractivity contribution in [2.75, 3.05) is 40.4 Å². The second kappa shape index (κ2) is 12.7. The maximum atomic E-state index is 13.9. The van der Waals surface area contributed by atoms with Crippen molar-refractivity contribution in [3.63, 3.8) is 0 Å². The van der Waals surface area contributed by atoms with Crippen molar-refractivity contribution in [1.82, 2.24) is 18.7 Å². The SMILES string of the molecule is Cc1cc(C)c(S(=O)(=O)N2CCCCC2COCC(=O)N2CCn3c(CN(C)C)ccc3C2c2ccccc2)c(C)c1. The van der Waals surface area contributed by atoms with Crippen molar-refractivity contribution >= 4 is 15.9 Å². The first-order chi connectivity index (χ1) is 20.1. The molecule has 1 saturated heterocycles. The van der Waals surface area contributed by atoms with Crippen molar-refractivity contribution in [1.29, 1.82) is 0 Å². The molecular formula is C33H44N4O4S. The number of carbonyl (C=O) groups excluding carboxylic acids is 1. The van der Waals surface area contributed by atoms with Gasteiger partial charge in [0, 0.05) is 43.6 Å². The van der Waals surface area contributed by atoms with Crippen LogP contribution in [0.5, 0.6) is 0 Å². The van der Waals surface area contributed by atoms with Crippen LogP contribution in [-0.4, -0.2) is 79.4 Å². The third-order valence-corrected chi connectivity index (χ3v) is 10.7. The number of benzene rings is 2. The van der Waals surface area contributed by atoms with E-state index in [0.29, 0.717) is 18.0 Å². The third kappa shape index (κ3) is 6.20. The average Bonchev–Trinajstić information content (AvgIpc) is 3.34. The summed E-state index contributed by atoms with van der Waals surface area (Å²) in [4.78, 5) is 18.2. The lowest BCUT2D eigenvalue weighted by molar-refractivity contribution is -0.139. The van der Waals surface area contributed by atoms with Gasteiger partial charge in [-0.3, -0.25) is 4.79 Å². The van der Waals surface area contributed by atoms with E-state index in [1.54, 1.807) is 4.31 Å². The Kier molecular flexibility index (Phi) is 9.23. The van der Waals surface area contributed by atoms with Crippen LogP contribution in [0.1, 0.15) is 58.9 Å². The molecule has 0 N–H and O–H groups in total. The molecule has 2 aliphatic heterocycles. The van der Waals surface area contributed by atoms with E-state index in [1.807, 2.05) is 56.0 Å². The van der Waals surface area contributed by atoms with Crippen LogP contribution in [-0.2, 0) is 32.6 Å². The highest BCUT2D eigenvalue weighted by Crippen LogP contribution is 2.34. The average molecular weight is 593 g/mol. The molecule has 1 amide bonds. The molecule has 2 unspecified atom stereocenters. The minimum absolute atomic E-state index is 0.0818. The Labute approximate surface area is 250 Å². The predicted molar refractivity (Wildman–Crippen MR) is 165 cm³/mol. The quantitative estimate of drug-likeness (QED) is 0.361. The lowest BCUT2D eigenvalue weighted by atomic mass is 10.00. The summed E-state index contributed by atoms with van der Waals surface area (Å²) in [5.74, 6) is -0.0825. The fourth-order valence-corrected chi connectivity index (χ4v) is 8.86. The number of nitrogens with zero attached hydrogens (tertiary/aromatic N) is 4. The minimum Gasteiger partial charge on any atom is -0.370 e. The maximum absolute atomic E-state index is 13.9. The molecule has 1 fully saturated rings. The molecule has 0 radical (unpaired) electrons. The molecular weight excluding hydrogens is 548 g/mol. The number of piperidine rings is 1. The third-order valence-electron chi connectivity index (χ3n) is 8.46. The van der Waals surface area contributed by atoms with Crippen LogP contribution in [0, 0.1) is 20.8 Å². The van der Waals surface area contributed by atoms with E-state index in [2.05, 4.69) is 47.8 Å². The van der Waals surface area contributed by atoms with Gasteiger partial charge >= 0.3 is 0 Å². The van der Waals surface area contributed by atoms with Crippen LogP contribution in [0.3, 0.4) is 0 Å². The van der Waals surface area contributed by atoms with E-state index in [9.17, 15) is 13.2 Å². The Morgan fingerprint density at radius 3 is 2.36 bits per heavy atom. The normalized spacial score (nSPS) is 19.7. The molecule has 0 saturated carbocycles. The Morgan fingerprint density at radius 1 is 0.952 bits per heavy atom. The number of amides is 1. The van der Waals surface area contributed by atoms with Gasteiger partial charge in [-0.15, -0.1) is 0 Å². The van der Waals surface area contributed by atoms with E-state index in [1.165, 1.54) is 5.69 Å². The van der Waals surface area contributed by atoms with Gasteiger partial charge in [-0.1, -0.05) is 54.4 Å². The number of sulfonamides is 1. The summed E-state index contributed by atoms with van der Waals surface area (Å²) in [6.45, 7) is 8.43. The number of carbonyl (C=O) groups is 1. The first-order valence-electron chi connectivity index (χ1n) is 14.9. The number of hydrogen-bond acceptors (Lipinski definition) is 5. The van der Waals surface area contributed by atoms with Gasteiger partial charge in [0.25, 0.3) is 0 Å². The highest BCUT2D eigenvalue weighted by Gasteiger charge is 2.37. The van der Waals surface area contributed by atoms with Crippen molar-refractivity contribution in [2.24, 2.45) is 0 Å². The maximum Gasteiger partial charge on any atom is 0.249 e. The van der Waals surface area contributed by atoms with E-state index in [-0.39, 0.29) is 31.2 Å². The summed E-state index contributed by atoms with van der Waals surface area (Å²) in [5, 5.41) is 0. The molecule has 42 heavy (non-hydrogen) atoms. The second-order valence-electron chi connectivity index (χ2n) is 12.0. The molecule has 2 atom stereocenters. The Balaban J connectivity index is 1.31. The van der Waals surface area contributed by atoms with E-state index in [0.717, 1.165) is 60.3 Å². The number of rotatable bonds is 9. The van der Waals surface area contributed by atoms with E-state index >= 15 is 0 Å². The Morgan fingerprint density at radius 2 is 1.67 bits per heavy atom. The number of aromatic nitrogens is 1. The summed E-state index contributed by atoms with van der Waals surface area (Å²) in [7, 11) is 0.430. The van der Waals surface area contributed by atoms with Crippen LogP contribution in [0.2, 0.25) is 0 Å². The van der Waals surface area contributed by atoms with Crippen LogP contribution in [0.4, 0.5) is 0 Å². The lowest BCUT2D eigenvalue weighted by Gasteiger charge is -2.38. The molecule has 8 nitrogen and oxygen atoms in total. The first kappa shape index (κ1) is 30.5. The van der Waals surface area contributed by atoms with Gasteiger partial charge in [-0.25, -0.2) is 8.42 Å². The number of fused-ring (bicyclic) bond motifs is 1. The summed E-state index contributed by atoms with van der Waals surface area (Å²) in [6.07, 6.45) is 2.48. The molecule has 2 aromatic carbocycles. The molecule has 0 aliphatic carbocycles. The molecule has 0 spiro atoms. The molecule has 9 heteroatoms. The van der Waals surface area contributed by atoms with E-state index < -0.39 is 10.0 Å². The Bertz CT molecular complexity index is 1490. The van der Waals surface area contributed by atoms with Gasteiger partial charge < -0.3 is 19.1 Å². The molecule has 2 aliphatic rings. The van der Waals surface area contributed by atoms with Gasteiger partial charge in [0.2, 0.25) is 15.9 Å². The van der Waals surface area contributed by atoms with Crippen molar-refractivity contribution in [2.45, 2.75) is 70.1 Å². The van der Waals surface area contributed by atoms with Gasteiger partial charge in [-0.05, 0) is 76.5 Å². The zero-order chi connectivity index (χ0) is 30.0. The van der Waals surface area contributed by atoms with Gasteiger partial charge in [0.1, 0.15) is 6.61 Å². The number of hydrogen-bond donors (Lipinski definition) is 0. The van der Waals surface area contributed by atoms with Crippen molar-refractivity contribution in [3.05, 3.63) is 88.2 Å². The summed E-state index contributed by atoms with van der Waals surface area (Å²) < 4.78 is 37.7. The summed E-state index contributed by atoms with van der Waals surface area (Å²) >= 11 is 0. The predicted octanol–water partition coefficient (Wildman–Crippen LogP) is 4.67. The van der Waals surface area contributed by atoms with Gasteiger partial charge in [-0.2, -0.15) is 4.31 Å².